The molecule has 10 heteroatoms. The predicted octanol–water partition coefficient (Wildman–Crippen LogP) is 2.84. The number of amides is 3. The highest BCUT2D eigenvalue weighted by Crippen LogP contribution is 2.32. The molecule has 1 N–H and O–H groups in total. The van der Waals surface area contributed by atoms with E-state index < -0.39 is 24.0 Å². The number of fused-ring (bicyclic) bond motifs is 1. The number of hydrogen-bond donors (Lipinski definition) is 1. The van der Waals surface area contributed by atoms with E-state index in [4.69, 9.17) is 16.0 Å². The monoisotopic (exact) mass is 514 g/mol. The first-order chi connectivity index (χ1) is 17.1. The summed E-state index contributed by atoms with van der Waals surface area (Å²) in [5.74, 6) is -1.09. The molecule has 2 aromatic rings. The minimum absolute atomic E-state index is 0.0588. The number of halogens is 1. The van der Waals surface area contributed by atoms with Crippen LogP contribution >= 0.6 is 11.6 Å². The van der Waals surface area contributed by atoms with Crippen LogP contribution in [-0.2, 0) is 9.59 Å². The van der Waals surface area contributed by atoms with Gasteiger partial charge in [-0.2, -0.15) is 0 Å². The summed E-state index contributed by atoms with van der Waals surface area (Å²) in [4.78, 5) is 57.4. The highest BCUT2D eigenvalue weighted by molar-refractivity contribution is 6.29. The average Bonchev–Trinajstić information content (AvgIpc) is 3.54. The summed E-state index contributed by atoms with van der Waals surface area (Å²) in [6, 6.07) is 8.11. The van der Waals surface area contributed by atoms with Crippen LogP contribution in [0.1, 0.15) is 47.6 Å². The average molecular weight is 515 g/mol. The number of rotatable bonds is 7. The molecule has 192 valence electrons. The highest BCUT2D eigenvalue weighted by Gasteiger charge is 2.52. The zero-order chi connectivity index (χ0) is 26.1. The molecule has 3 amide bonds. The van der Waals surface area contributed by atoms with Crippen molar-refractivity contribution in [3.63, 3.8) is 0 Å². The van der Waals surface area contributed by atoms with E-state index in [2.05, 4.69) is 5.32 Å². The van der Waals surface area contributed by atoms with Crippen molar-refractivity contribution in [1.82, 2.24) is 15.1 Å². The van der Waals surface area contributed by atoms with E-state index in [1.54, 1.807) is 12.1 Å². The van der Waals surface area contributed by atoms with Crippen molar-refractivity contribution < 1.29 is 23.6 Å². The van der Waals surface area contributed by atoms with Gasteiger partial charge in [-0.15, -0.1) is 0 Å². The van der Waals surface area contributed by atoms with E-state index in [9.17, 15) is 19.2 Å². The van der Waals surface area contributed by atoms with Gasteiger partial charge in [-0.1, -0.05) is 13.8 Å². The third kappa shape index (κ3) is 5.11. The maximum atomic E-state index is 13.6. The van der Waals surface area contributed by atoms with Crippen molar-refractivity contribution in [3.05, 3.63) is 52.9 Å². The number of anilines is 1. The molecule has 0 saturated carbocycles. The molecular weight excluding hydrogens is 484 g/mol. The summed E-state index contributed by atoms with van der Waals surface area (Å²) in [5, 5.41) is 2.97. The largest absolute Gasteiger partial charge is 0.440 e. The second kappa shape index (κ2) is 10.3. The van der Waals surface area contributed by atoms with Gasteiger partial charge in [-0.05, 0) is 66.8 Å². The van der Waals surface area contributed by atoms with Crippen molar-refractivity contribution in [2.24, 2.45) is 5.92 Å². The van der Waals surface area contributed by atoms with Gasteiger partial charge in [0.05, 0.1) is 12.6 Å². The van der Waals surface area contributed by atoms with Crippen LogP contribution in [-0.4, -0.2) is 78.6 Å². The van der Waals surface area contributed by atoms with Gasteiger partial charge in [0.2, 0.25) is 5.91 Å². The van der Waals surface area contributed by atoms with Gasteiger partial charge >= 0.3 is 0 Å². The Morgan fingerprint density at radius 3 is 2.39 bits per heavy atom. The molecule has 2 saturated heterocycles. The van der Waals surface area contributed by atoms with Crippen LogP contribution in [0.5, 0.6) is 0 Å². The lowest BCUT2D eigenvalue weighted by Gasteiger charge is -2.29. The summed E-state index contributed by atoms with van der Waals surface area (Å²) in [6.07, 6.45) is 0.895. The first-order valence-electron chi connectivity index (χ1n) is 12.0. The quantitative estimate of drug-likeness (QED) is 0.609. The maximum absolute atomic E-state index is 13.6. The lowest BCUT2D eigenvalue weighted by molar-refractivity contribution is -0.138. The van der Waals surface area contributed by atoms with Crippen LogP contribution < -0.4 is 10.2 Å². The van der Waals surface area contributed by atoms with Gasteiger partial charge in [-0.25, -0.2) is 0 Å². The van der Waals surface area contributed by atoms with Crippen LogP contribution in [0.25, 0.3) is 0 Å². The normalized spacial score (nSPS) is 20.0. The van der Waals surface area contributed by atoms with Crippen LogP contribution in [0.15, 0.2) is 40.8 Å². The molecule has 2 aliphatic rings. The fourth-order valence-corrected chi connectivity index (χ4v) is 5.10. The Hall–Kier alpha value is -3.33. The number of likely N-dealkylation sites (tertiary alicyclic amines) is 2. The lowest BCUT2D eigenvalue weighted by Crippen LogP contribution is -2.53. The van der Waals surface area contributed by atoms with Crippen LogP contribution in [0, 0.1) is 5.92 Å². The van der Waals surface area contributed by atoms with Gasteiger partial charge in [0.15, 0.2) is 16.8 Å². The Balaban J connectivity index is 1.49. The summed E-state index contributed by atoms with van der Waals surface area (Å²) < 4.78 is 5.24. The fourth-order valence-electron chi connectivity index (χ4n) is 4.96. The zero-order valence-corrected chi connectivity index (χ0v) is 21.6. The number of benzene rings is 1. The van der Waals surface area contributed by atoms with Crippen molar-refractivity contribution in [1.29, 1.82) is 0 Å². The standard InChI is InChI=1S/C26H31ClN4O5/c1-15(2)13-18(28-24(33)16-5-7-17(8-6-16)29(3)4)25(34)30-12-11-19-23(30)20(32)14-31(19)26(35)21-9-10-22(27)36-21/h5-10,15,18-19,23H,11-14H2,1-4H3,(H,28,33)/t18-,19?,23-/m0/s1. The summed E-state index contributed by atoms with van der Waals surface area (Å²) in [7, 11) is 3.83. The number of carbonyl (C=O) groups excluding carboxylic acids is 4. The van der Waals surface area contributed by atoms with Gasteiger partial charge in [0.1, 0.15) is 12.1 Å². The van der Waals surface area contributed by atoms with E-state index in [1.807, 2.05) is 45.0 Å². The smallest absolute Gasteiger partial charge is 0.290 e. The topological polar surface area (TPSA) is 103 Å². The van der Waals surface area contributed by atoms with Crippen LogP contribution in [0.4, 0.5) is 5.69 Å². The van der Waals surface area contributed by atoms with Crippen LogP contribution in [0.3, 0.4) is 0 Å². The summed E-state index contributed by atoms with van der Waals surface area (Å²) in [5.41, 5.74) is 1.41. The van der Waals surface area contributed by atoms with E-state index in [-0.39, 0.29) is 41.0 Å². The molecular formula is C26H31ClN4O5. The number of Topliss-reactive ketones (excluding diaryl/α,β-unsaturated/α-hetero) is 1. The maximum Gasteiger partial charge on any atom is 0.290 e. The van der Waals surface area contributed by atoms with Crippen molar-refractivity contribution in [3.8, 4) is 0 Å². The molecule has 9 nitrogen and oxygen atoms in total. The summed E-state index contributed by atoms with van der Waals surface area (Å²) in [6.45, 7) is 4.17. The first-order valence-corrected chi connectivity index (χ1v) is 12.4. The third-order valence-corrected chi connectivity index (χ3v) is 6.91. The molecule has 2 fully saturated rings. The highest BCUT2D eigenvalue weighted by atomic mass is 35.5. The van der Waals surface area contributed by atoms with Crippen molar-refractivity contribution in [2.45, 2.75) is 44.8 Å². The Kier molecular flexibility index (Phi) is 7.40. The van der Waals surface area contributed by atoms with Crippen molar-refractivity contribution >= 4 is 40.8 Å². The van der Waals surface area contributed by atoms with Crippen molar-refractivity contribution in [2.75, 3.05) is 32.1 Å². The number of hydrogen-bond acceptors (Lipinski definition) is 6. The zero-order valence-electron chi connectivity index (χ0n) is 20.9. The van der Waals surface area contributed by atoms with E-state index in [1.165, 1.54) is 21.9 Å². The molecule has 1 aromatic carbocycles. The molecule has 3 atom stereocenters. The second-order valence-corrected chi connectivity index (χ2v) is 10.3. The molecule has 1 aromatic heterocycles. The molecule has 0 spiro atoms. The Labute approximate surface area is 215 Å². The molecule has 1 unspecified atom stereocenters. The minimum Gasteiger partial charge on any atom is -0.440 e. The molecule has 36 heavy (non-hydrogen) atoms. The molecule has 2 aliphatic heterocycles. The van der Waals surface area contributed by atoms with Gasteiger partial charge in [0, 0.05) is 31.9 Å². The Morgan fingerprint density at radius 1 is 1.11 bits per heavy atom. The molecule has 0 radical (unpaired) electrons. The van der Waals surface area contributed by atoms with E-state index >= 15 is 0 Å². The first kappa shape index (κ1) is 25.8. The molecule has 3 heterocycles. The third-order valence-electron chi connectivity index (χ3n) is 6.71. The number of nitrogens with one attached hydrogen (secondary N) is 1. The fraction of sp³-hybridized carbons (Fsp3) is 0.462. The van der Waals surface area contributed by atoms with E-state index in [0.29, 0.717) is 24.9 Å². The van der Waals surface area contributed by atoms with E-state index in [0.717, 1.165) is 5.69 Å². The second-order valence-electron chi connectivity index (χ2n) is 9.93. The Bertz CT molecular complexity index is 1160. The number of nitrogens with zero attached hydrogens (tertiary/aromatic N) is 3. The van der Waals surface area contributed by atoms with Gasteiger partial charge in [0.25, 0.3) is 11.8 Å². The lowest BCUT2D eigenvalue weighted by atomic mass is 10.0. The number of carbonyl (C=O) groups is 4. The molecule has 0 aliphatic carbocycles. The number of furan rings is 1. The molecule has 0 bridgehead atoms. The predicted molar refractivity (Wildman–Crippen MR) is 135 cm³/mol. The van der Waals surface area contributed by atoms with Crippen LogP contribution in [0.2, 0.25) is 5.22 Å². The summed E-state index contributed by atoms with van der Waals surface area (Å²) >= 11 is 5.81. The van der Waals surface area contributed by atoms with Gasteiger partial charge < -0.3 is 24.4 Å². The Morgan fingerprint density at radius 2 is 1.81 bits per heavy atom. The van der Waals surface area contributed by atoms with Gasteiger partial charge in [-0.3, -0.25) is 19.2 Å². The molecule has 4 rings (SSSR count). The number of ketones is 1. The SMILES string of the molecule is CC(C)C[C@H](NC(=O)c1ccc(N(C)C)cc1)C(=O)N1CCC2[C@H]1C(=O)CN2C(=O)c1ccc(Cl)o1. The minimum atomic E-state index is -0.786.